The van der Waals surface area contributed by atoms with E-state index in [9.17, 15) is 0 Å². The summed E-state index contributed by atoms with van der Waals surface area (Å²) in [7, 11) is 118. The van der Waals surface area contributed by atoms with E-state index in [4.69, 9.17) is 161 Å². The molecule has 0 atom stereocenters. The third-order valence-corrected chi connectivity index (χ3v) is 10.7. The van der Waals surface area contributed by atoms with Gasteiger partial charge in [-0.3, -0.25) is 0 Å². The van der Waals surface area contributed by atoms with E-state index in [0.717, 1.165) is 0 Å². The zero-order valence-corrected chi connectivity index (χ0v) is 31.0. The van der Waals surface area contributed by atoms with Crippen molar-refractivity contribution in [2.75, 3.05) is 0 Å². The summed E-state index contributed by atoms with van der Waals surface area (Å²) in [5.74, 6) is -0.0543. The maximum atomic E-state index is 6.85. The second-order valence-electron chi connectivity index (χ2n) is 13.9. The fraction of sp³-hybridized carbons (Fsp3) is 0. The second kappa shape index (κ2) is 14.6. The smallest absolute Gasteiger partial charge is 0.164 e. The number of benzene rings is 6. The monoisotopic (exact) mass is 705 g/mol. The predicted molar refractivity (Wildman–Crippen MR) is 263 cm³/mol. The number of aromatic nitrogens is 3. The van der Waals surface area contributed by atoms with Crippen molar-refractivity contribution in [3.8, 4) is 45.3 Å². The van der Waals surface area contributed by atoms with E-state index in [-0.39, 0.29) is 171 Å². The first-order valence-corrected chi connectivity index (χ1v) is 17.4. The lowest BCUT2D eigenvalue weighted by atomic mass is 9.56. The third-order valence-electron chi connectivity index (χ3n) is 10.7. The summed E-state index contributed by atoms with van der Waals surface area (Å²) in [6.45, 7) is 0. The zero-order valence-electron chi connectivity index (χ0n) is 31.0. The van der Waals surface area contributed by atoms with Crippen molar-refractivity contribution < 1.29 is 4.42 Å². The fourth-order valence-corrected chi connectivity index (χ4v) is 7.44. The van der Waals surface area contributed by atoms with E-state index < -0.39 is 0 Å². The van der Waals surface area contributed by atoms with Gasteiger partial charge in [0.25, 0.3) is 0 Å². The van der Waals surface area contributed by atoms with Gasteiger partial charge in [-0.05, 0) is 21.9 Å². The molecule has 22 heteroatoms. The van der Waals surface area contributed by atoms with Gasteiger partial charge in [0, 0.05) is 27.5 Å². The third kappa shape index (κ3) is 5.88. The topological polar surface area (TPSA) is 51.8 Å². The molecule has 0 aliphatic heterocycles. The molecule has 8 aromatic rings. The summed E-state index contributed by atoms with van der Waals surface area (Å²) in [5.41, 5.74) is -0.134. The molecule has 228 valence electrons. The van der Waals surface area contributed by atoms with Crippen LogP contribution in [0.4, 0.5) is 0 Å². The van der Waals surface area contributed by atoms with E-state index in [1.165, 1.54) is 0 Å². The Morgan fingerprint density at radius 1 is 0.271 bits per heavy atom. The van der Waals surface area contributed by atoms with Crippen molar-refractivity contribution in [2.24, 2.45) is 0 Å². The summed E-state index contributed by atoms with van der Waals surface area (Å²) in [5, 5.41) is 0.645. The highest BCUT2D eigenvalue weighted by atomic mass is 16.3. The SMILES string of the molecule is [B]c1c([B])c([B])c(-c2c([B])c([B])c([B])c3c(-c4nc(-c5ccccc5)nc(-c5c([B])c([B])c([B])c6oc7c([B])c([B])c([B])c([B])c7c56)n4)c([B])c([B])c([B])c23)c([B])c1[B]. The Hall–Kier alpha value is -4.44. The van der Waals surface area contributed by atoms with Crippen LogP contribution in [-0.4, -0.2) is 156 Å². The van der Waals surface area contributed by atoms with Crippen LogP contribution in [0, 0.1) is 0 Å². The first-order valence-electron chi connectivity index (χ1n) is 17.4. The lowest BCUT2D eigenvalue weighted by molar-refractivity contribution is 0.675. The molecule has 0 unspecified atom stereocenters. The van der Waals surface area contributed by atoms with Gasteiger partial charge in [-0.1, -0.05) is 85.0 Å². The number of nitrogens with zero attached hydrogens (tertiary/aromatic N) is 3. The molecule has 2 aromatic heterocycles. The van der Waals surface area contributed by atoms with Gasteiger partial charge in [-0.15, -0.1) is 43.7 Å². The molecule has 8 rings (SSSR count). The molecule has 0 bridgehead atoms. The normalized spacial score (nSPS) is 11.6. The number of rotatable bonds is 4. The van der Waals surface area contributed by atoms with Crippen LogP contribution in [-0.2, 0) is 0 Å². The van der Waals surface area contributed by atoms with Crippen molar-refractivity contribution in [3.05, 3.63) is 30.3 Å². The molecule has 0 aliphatic carbocycles. The Morgan fingerprint density at radius 3 is 1.12 bits per heavy atom. The molecule has 0 saturated carbocycles. The molecule has 36 radical (unpaired) electrons. The lowest BCUT2D eigenvalue weighted by Crippen LogP contribution is -2.56. The van der Waals surface area contributed by atoms with Gasteiger partial charge < -0.3 is 4.42 Å². The summed E-state index contributed by atoms with van der Waals surface area (Å²) in [6, 6.07) is 8.90. The van der Waals surface area contributed by atoms with Crippen LogP contribution in [0.2, 0.25) is 0 Å². The van der Waals surface area contributed by atoms with Gasteiger partial charge in [-0.2, -0.15) is 0 Å². The van der Waals surface area contributed by atoms with Crippen LogP contribution in [0.1, 0.15) is 0 Å². The molecule has 0 N–H and O–H groups in total. The number of hydrogen-bond acceptors (Lipinski definition) is 4. The molecule has 2 heterocycles. The van der Waals surface area contributed by atoms with Crippen molar-refractivity contribution in [2.45, 2.75) is 0 Å². The molecule has 59 heavy (non-hydrogen) atoms. The van der Waals surface area contributed by atoms with E-state index in [1.807, 2.05) is 6.07 Å². The van der Waals surface area contributed by atoms with Crippen LogP contribution in [0.3, 0.4) is 0 Å². The maximum Gasteiger partial charge on any atom is 0.164 e. The van der Waals surface area contributed by atoms with Gasteiger partial charge >= 0.3 is 0 Å². The fourth-order valence-electron chi connectivity index (χ4n) is 7.44. The maximum absolute atomic E-state index is 6.85. The summed E-state index contributed by atoms with van der Waals surface area (Å²) < 4.78 is 6.19. The molecular formula is C37H5B18N3O. The van der Waals surface area contributed by atoms with E-state index in [1.54, 1.807) is 24.3 Å². The Balaban J connectivity index is 1.59. The van der Waals surface area contributed by atoms with Crippen LogP contribution in [0.5, 0.6) is 0 Å². The summed E-state index contributed by atoms with van der Waals surface area (Å²) in [6.07, 6.45) is 0. The average molecular weight is 702 g/mol. The first kappa shape index (κ1) is 41.3. The predicted octanol–water partition coefficient (Wildman–Crippen LogP) is -12.1. The minimum Gasteiger partial charge on any atom is -0.457 e. The minimum absolute atomic E-state index is 0.00248. The van der Waals surface area contributed by atoms with Crippen molar-refractivity contribution in [1.29, 1.82) is 0 Å². The molecule has 0 aliphatic rings. The molecule has 0 spiro atoms. The highest BCUT2D eigenvalue weighted by Crippen LogP contribution is 2.34. The largest absolute Gasteiger partial charge is 0.457 e. The van der Waals surface area contributed by atoms with E-state index in [0.29, 0.717) is 5.56 Å². The first-order chi connectivity index (χ1) is 27.8. The number of fused-ring (bicyclic) bond motifs is 4. The van der Waals surface area contributed by atoms with Crippen LogP contribution < -0.4 is 98.3 Å². The van der Waals surface area contributed by atoms with Gasteiger partial charge in [0.15, 0.2) is 17.5 Å². The molecule has 4 nitrogen and oxygen atoms in total. The standard InChI is InChI=1S/C37H5B18N3O/c38-15-7-8(11-18(41)25(48)29(52)26(49)19(11)42)16(39)23(46)17(40)9(7)13(21(44)24(15)47)36-56-35(6-4-2-1-3-5-6)57-37(58-36)14-10-12-20(43)27(50)30(53)32(55)34(12)59-33(10)31(54)28(51)22(14)45/h1-5H. The lowest BCUT2D eigenvalue weighted by Gasteiger charge is -2.29. The average Bonchev–Trinajstić information content (AvgIpc) is 3.63. The Labute approximate surface area is 365 Å². The summed E-state index contributed by atoms with van der Waals surface area (Å²) >= 11 is 0. The Kier molecular flexibility index (Phi) is 10.2. The van der Waals surface area contributed by atoms with Crippen molar-refractivity contribution in [3.63, 3.8) is 0 Å². The Morgan fingerprint density at radius 2 is 0.593 bits per heavy atom. The van der Waals surface area contributed by atoms with E-state index in [2.05, 4.69) is 0 Å². The van der Waals surface area contributed by atoms with E-state index >= 15 is 0 Å². The number of hydrogen-bond donors (Lipinski definition) is 0. The van der Waals surface area contributed by atoms with Crippen molar-refractivity contribution in [1.82, 2.24) is 15.0 Å². The molecule has 0 fully saturated rings. The van der Waals surface area contributed by atoms with Crippen LogP contribution in [0.15, 0.2) is 34.7 Å². The number of furan rings is 1. The summed E-state index contributed by atoms with van der Waals surface area (Å²) in [4.78, 5) is 14.7. The highest BCUT2D eigenvalue weighted by Gasteiger charge is 2.28. The molecule has 0 saturated heterocycles. The van der Waals surface area contributed by atoms with Crippen LogP contribution >= 0.6 is 0 Å². The molecular weight excluding hydrogens is 697 g/mol. The van der Waals surface area contributed by atoms with Gasteiger partial charge in [0.2, 0.25) is 0 Å². The van der Waals surface area contributed by atoms with Gasteiger partial charge in [0.1, 0.15) is 152 Å². The van der Waals surface area contributed by atoms with Gasteiger partial charge in [0.05, 0.1) is 0 Å². The molecule has 0 amide bonds. The van der Waals surface area contributed by atoms with Crippen LogP contribution in [0.25, 0.3) is 78.0 Å². The second-order valence-corrected chi connectivity index (χ2v) is 13.9. The van der Waals surface area contributed by atoms with Crippen molar-refractivity contribution >= 4 is 272 Å². The minimum atomic E-state index is -0.121. The molecule has 6 aromatic carbocycles. The van der Waals surface area contributed by atoms with Gasteiger partial charge in [-0.25, -0.2) is 15.0 Å². The zero-order chi connectivity index (χ0) is 42.8. The highest BCUT2D eigenvalue weighted by molar-refractivity contribution is 6.73. The Bertz CT molecular complexity index is 3180. The quantitative estimate of drug-likeness (QED) is 0.171.